The molecular formula is C25H30N4O5. The van der Waals surface area contributed by atoms with Crippen LogP contribution in [0.5, 0.6) is 17.2 Å². The molecule has 4 rings (SSSR count). The molecule has 34 heavy (non-hydrogen) atoms. The van der Waals surface area contributed by atoms with Crippen LogP contribution in [-0.2, 0) is 24.8 Å². The van der Waals surface area contributed by atoms with Crippen LogP contribution < -0.4 is 19.8 Å². The second kappa shape index (κ2) is 10.1. The summed E-state index contributed by atoms with van der Waals surface area (Å²) >= 11 is 0. The fourth-order valence-corrected chi connectivity index (χ4v) is 4.45. The van der Waals surface area contributed by atoms with Crippen LogP contribution in [0.15, 0.2) is 41.2 Å². The SMILES string of the molecule is COc1ccc(CN2CCN(C(=O)Cc3nn(C)c(=O)c4ccccc34)CC2)c(OC)c1OC. The van der Waals surface area contributed by atoms with Crippen LogP contribution in [0.4, 0.5) is 0 Å². The molecule has 1 aliphatic rings. The van der Waals surface area contributed by atoms with Crippen molar-refractivity contribution in [3.05, 3.63) is 58.0 Å². The minimum atomic E-state index is -0.161. The molecular weight excluding hydrogens is 436 g/mol. The van der Waals surface area contributed by atoms with Crippen molar-refractivity contribution in [2.24, 2.45) is 7.05 Å². The highest BCUT2D eigenvalue weighted by atomic mass is 16.5. The Morgan fingerprint density at radius 2 is 1.59 bits per heavy atom. The van der Waals surface area contributed by atoms with Gasteiger partial charge in [-0.15, -0.1) is 0 Å². The highest BCUT2D eigenvalue weighted by molar-refractivity contribution is 5.88. The van der Waals surface area contributed by atoms with Crippen molar-refractivity contribution >= 4 is 16.7 Å². The van der Waals surface area contributed by atoms with Gasteiger partial charge in [0, 0.05) is 50.7 Å². The van der Waals surface area contributed by atoms with Gasteiger partial charge in [-0.3, -0.25) is 14.5 Å². The first-order valence-corrected chi connectivity index (χ1v) is 11.2. The predicted molar refractivity (Wildman–Crippen MR) is 129 cm³/mol. The van der Waals surface area contributed by atoms with E-state index in [0.717, 1.165) is 24.0 Å². The molecule has 0 radical (unpaired) electrons. The summed E-state index contributed by atoms with van der Waals surface area (Å²) in [4.78, 5) is 29.6. The van der Waals surface area contributed by atoms with Crippen LogP contribution in [-0.4, -0.2) is 73.0 Å². The second-order valence-corrected chi connectivity index (χ2v) is 8.25. The first-order chi connectivity index (χ1) is 16.5. The molecule has 0 N–H and O–H groups in total. The lowest BCUT2D eigenvalue weighted by atomic mass is 10.1. The summed E-state index contributed by atoms with van der Waals surface area (Å²) in [6.07, 6.45) is 0.165. The average molecular weight is 467 g/mol. The number of carbonyl (C=O) groups excluding carboxylic acids is 1. The molecule has 1 saturated heterocycles. The lowest BCUT2D eigenvalue weighted by Gasteiger charge is -2.35. The fraction of sp³-hybridized carbons (Fsp3) is 0.400. The minimum Gasteiger partial charge on any atom is -0.493 e. The van der Waals surface area contributed by atoms with E-state index >= 15 is 0 Å². The normalized spacial score (nSPS) is 14.3. The number of aromatic nitrogens is 2. The Balaban J connectivity index is 1.42. The lowest BCUT2D eigenvalue weighted by Crippen LogP contribution is -2.48. The molecule has 3 aromatic rings. The van der Waals surface area contributed by atoms with Gasteiger partial charge in [0.2, 0.25) is 11.7 Å². The molecule has 1 aliphatic heterocycles. The maximum atomic E-state index is 13.1. The lowest BCUT2D eigenvalue weighted by molar-refractivity contribution is -0.132. The summed E-state index contributed by atoms with van der Waals surface area (Å²) in [6.45, 7) is 3.41. The number of aryl methyl sites for hydroxylation is 1. The van der Waals surface area contributed by atoms with Crippen molar-refractivity contribution in [1.29, 1.82) is 0 Å². The van der Waals surface area contributed by atoms with Crippen LogP contribution >= 0.6 is 0 Å². The van der Waals surface area contributed by atoms with E-state index in [1.54, 1.807) is 34.4 Å². The van der Waals surface area contributed by atoms with Gasteiger partial charge in [0.25, 0.3) is 5.56 Å². The molecule has 1 fully saturated rings. The molecule has 0 saturated carbocycles. The maximum Gasteiger partial charge on any atom is 0.274 e. The van der Waals surface area contributed by atoms with Gasteiger partial charge in [0.15, 0.2) is 11.5 Å². The van der Waals surface area contributed by atoms with Crippen LogP contribution in [0, 0.1) is 0 Å². The van der Waals surface area contributed by atoms with Crippen LogP contribution in [0.2, 0.25) is 0 Å². The van der Waals surface area contributed by atoms with Crippen molar-refractivity contribution in [3.8, 4) is 17.2 Å². The van der Waals surface area contributed by atoms with E-state index in [2.05, 4.69) is 10.00 Å². The van der Waals surface area contributed by atoms with Gasteiger partial charge in [0.1, 0.15) is 0 Å². The molecule has 0 unspecified atom stereocenters. The Labute approximate surface area is 198 Å². The Bertz CT molecular complexity index is 1250. The van der Waals surface area contributed by atoms with E-state index in [1.807, 2.05) is 35.2 Å². The number of benzene rings is 2. The fourth-order valence-electron chi connectivity index (χ4n) is 4.45. The van der Waals surface area contributed by atoms with E-state index in [4.69, 9.17) is 14.2 Å². The zero-order valence-corrected chi connectivity index (χ0v) is 20.0. The zero-order valence-electron chi connectivity index (χ0n) is 20.0. The molecule has 2 heterocycles. The number of ether oxygens (including phenoxy) is 3. The standard InChI is InChI=1S/C25H30N4O5/c1-27-25(31)19-8-6-5-7-18(19)20(26-27)15-22(30)29-13-11-28(12-14-29)16-17-9-10-21(32-2)24(34-4)23(17)33-3/h5-10H,11-16H2,1-4H3. The van der Waals surface area contributed by atoms with Gasteiger partial charge in [-0.25, -0.2) is 4.68 Å². The Morgan fingerprint density at radius 1 is 0.912 bits per heavy atom. The van der Waals surface area contributed by atoms with Crippen molar-refractivity contribution in [2.75, 3.05) is 47.5 Å². The minimum absolute atomic E-state index is 0.0136. The van der Waals surface area contributed by atoms with Crippen molar-refractivity contribution in [3.63, 3.8) is 0 Å². The van der Waals surface area contributed by atoms with E-state index in [9.17, 15) is 9.59 Å². The summed E-state index contributed by atoms with van der Waals surface area (Å²) in [7, 11) is 6.43. The number of piperazine rings is 1. The third kappa shape index (κ3) is 4.56. The second-order valence-electron chi connectivity index (χ2n) is 8.25. The summed E-state index contributed by atoms with van der Waals surface area (Å²) in [6, 6.07) is 11.2. The molecule has 0 bridgehead atoms. The summed E-state index contributed by atoms with van der Waals surface area (Å²) in [5.41, 5.74) is 1.46. The smallest absolute Gasteiger partial charge is 0.274 e. The molecule has 1 amide bonds. The number of methoxy groups -OCH3 is 3. The largest absolute Gasteiger partial charge is 0.493 e. The summed E-state index contributed by atoms with van der Waals surface area (Å²) < 4.78 is 17.8. The highest BCUT2D eigenvalue weighted by Crippen LogP contribution is 2.40. The maximum absolute atomic E-state index is 13.1. The summed E-state index contributed by atoms with van der Waals surface area (Å²) in [5, 5.41) is 5.68. The number of carbonyl (C=O) groups is 1. The molecule has 9 heteroatoms. The number of rotatable bonds is 7. The molecule has 2 aromatic carbocycles. The number of hydrogen-bond acceptors (Lipinski definition) is 7. The number of fused-ring (bicyclic) bond motifs is 1. The van der Waals surface area contributed by atoms with Gasteiger partial charge in [0.05, 0.1) is 38.8 Å². The third-order valence-electron chi connectivity index (χ3n) is 6.26. The van der Waals surface area contributed by atoms with E-state index in [1.165, 1.54) is 4.68 Å². The van der Waals surface area contributed by atoms with Crippen molar-refractivity contribution in [2.45, 2.75) is 13.0 Å². The average Bonchev–Trinajstić information content (AvgIpc) is 2.87. The monoisotopic (exact) mass is 466 g/mol. The van der Waals surface area contributed by atoms with Crippen LogP contribution in [0.3, 0.4) is 0 Å². The topological polar surface area (TPSA) is 86.1 Å². The molecule has 1 aromatic heterocycles. The third-order valence-corrected chi connectivity index (χ3v) is 6.26. The van der Waals surface area contributed by atoms with Crippen molar-refractivity contribution in [1.82, 2.24) is 19.6 Å². The molecule has 0 spiro atoms. The Morgan fingerprint density at radius 3 is 2.24 bits per heavy atom. The molecule has 180 valence electrons. The Kier molecular flexibility index (Phi) is 7.02. The van der Waals surface area contributed by atoms with Gasteiger partial charge in [-0.05, 0) is 12.1 Å². The first kappa shape index (κ1) is 23.6. The van der Waals surface area contributed by atoms with Gasteiger partial charge in [-0.1, -0.05) is 24.3 Å². The number of amides is 1. The van der Waals surface area contributed by atoms with E-state index < -0.39 is 0 Å². The van der Waals surface area contributed by atoms with Gasteiger partial charge in [-0.2, -0.15) is 5.10 Å². The molecule has 0 aliphatic carbocycles. The Hall–Kier alpha value is -3.59. The van der Waals surface area contributed by atoms with Crippen molar-refractivity contribution < 1.29 is 19.0 Å². The first-order valence-electron chi connectivity index (χ1n) is 11.2. The van der Waals surface area contributed by atoms with E-state index in [0.29, 0.717) is 48.0 Å². The quantitative estimate of drug-likeness (QED) is 0.525. The highest BCUT2D eigenvalue weighted by Gasteiger charge is 2.24. The van der Waals surface area contributed by atoms with Crippen LogP contribution in [0.1, 0.15) is 11.3 Å². The molecule has 0 atom stereocenters. The predicted octanol–water partition coefficient (Wildman–Crippen LogP) is 1.85. The van der Waals surface area contributed by atoms with E-state index in [-0.39, 0.29) is 17.9 Å². The number of nitrogens with zero attached hydrogens (tertiary/aromatic N) is 4. The van der Waals surface area contributed by atoms with Gasteiger partial charge >= 0.3 is 0 Å². The summed E-state index contributed by atoms with van der Waals surface area (Å²) in [5.74, 6) is 1.87. The molecule has 9 nitrogen and oxygen atoms in total. The number of hydrogen-bond donors (Lipinski definition) is 0. The van der Waals surface area contributed by atoms with Gasteiger partial charge < -0.3 is 19.1 Å². The zero-order chi connectivity index (χ0) is 24.2. The van der Waals surface area contributed by atoms with Crippen LogP contribution in [0.25, 0.3) is 10.8 Å².